The first-order valence-electron chi connectivity index (χ1n) is 5.86. The number of anilines is 2. The largest absolute Gasteiger partial charge is 1.00 e. The maximum Gasteiger partial charge on any atom is 1.00 e. The van der Waals surface area contributed by atoms with E-state index in [0.717, 1.165) is 0 Å². The van der Waals surface area contributed by atoms with Crippen molar-refractivity contribution < 1.29 is 49.0 Å². The van der Waals surface area contributed by atoms with Gasteiger partial charge in [0.05, 0.1) is 18.5 Å². The number of rotatable bonds is 1. The van der Waals surface area contributed by atoms with Crippen LogP contribution in [0.25, 0.3) is 0 Å². The molecule has 1 N–H and O–H groups in total. The molecule has 1 aliphatic rings. The molecule has 0 unspecified atom stereocenters. The third kappa shape index (κ3) is 4.79. The van der Waals surface area contributed by atoms with Gasteiger partial charge in [0.1, 0.15) is 12.2 Å². The third-order valence-electron chi connectivity index (χ3n) is 2.53. The molecule has 0 spiro atoms. The Morgan fingerprint density at radius 3 is 2.55 bits per heavy atom. The number of hydrogen-bond acceptors (Lipinski definition) is 4. The number of nitrogens with zero attached hydrogens (tertiary/aromatic N) is 1. The van der Waals surface area contributed by atoms with Crippen molar-refractivity contribution in [1.82, 2.24) is 0 Å². The van der Waals surface area contributed by atoms with E-state index < -0.39 is 0 Å². The predicted molar refractivity (Wildman–Crippen MR) is 70.2 cm³/mol. The molecule has 0 aromatic heterocycles. The minimum atomic E-state index is -0.291. The Bertz CT molecular complexity index is 479. The molecule has 0 saturated carbocycles. The predicted octanol–water partition coefficient (Wildman–Crippen LogP) is -2.63. The average Bonchev–Trinajstić information content (AvgIpc) is 2.48. The second kappa shape index (κ2) is 8.97. The molecule has 0 aliphatic carbocycles. The van der Waals surface area contributed by atoms with Gasteiger partial charge >= 0.3 is 29.6 Å². The van der Waals surface area contributed by atoms with Crippen LogP contribution in [-0.4, -0.2) is 32.6 Å². The fraction of sp³-hybridized carbons (Fsp3) is 0.385. The normalized spacial score (nSPS) is 13.1. The van der Waals surface area contributed by atoms with Gasteiger partial charge in [0.25, 0.3) is 0 Å². The molecule has 0 radical (unpaired) electrons. The number of carbonyl (C=O) groups is 2. The first-order chi connectivity index (χ1) is 9.03. The monoisotopic (exact) mass is 288 g/mol. The number of fused-ring (bicyclic) bond motifs is 1. The zero-order valence-corrected chi connectivity index (χ0v) is 14.2. The Morgan fingerprint density at radius 2 is 2.00 bits per heavy atom. The SMILES string of the molecule is CC[O-].COc1ccc2c(c1)N(C)C(=O)CC(=O)N2.[Na+]. The van der Waals surface area contributed by atoms with Crippen LogP contribution in [0.3, 0.4) is 0 Å². The van der Waals surface area contributed by atoms with Crippen LogP contribution >= 0.6 is 0 Å². The van der Waals surface area contributed by atoms with E-state index in [1.807, 2.05) is 0 Å². The van der Waals surface area contributed by atoms with Crippen LogP contribution in [0.4, 0.5) is 11.4 Å². The van der Waals surface area contributed by atoms with E-state index in [9.17, 15) is 9.59 Å². The molecule has 0 saturated heterocycles. The van der Waals surface area contributed by atoms with Gasteiger partial charge in [-0.2, -0.15) is 0 Å². The van der Waals surface area contributed by atoms with Crippen molar-refractivity contribution in [2.75, 3.05) is 31.0 Å². The first-order valence-corrected chi connectivity index (χ1v) is 5.86. The maximum atomic E-state index is 11.6. The van der Waals surface area contributed by atoms with Crippen LogP contribution in [0.1, 0.15) is 13.3 Å². The minimum Gasteiger partial charge on any atom is -0.855 e. The van der Waals surface area contributed by atoms with E-state index >= 15 is 0 Å². The summed E-state index contributed by atoms with van der Waals surface area (Å²) in [6.45, 7) is 1.57. The van der Waals surface area contributed by atoms with Crippen LogP contribution in [-0.2, 0) is 9.59 Å². The summed E-state index contributed by atoms with van der Waals surface area (Å²) in [6, 6.07) is 5.18. The van der Waals surface area contributed by atoms with Crippen molar-refractivity contribution in [3.8, 4) is 5.75 Å². The average molecular weight is 288 g/mol. The minimum absolute atomic E-state index is 0. The zero-order chi connectivity index (χ0) is 14.4. The molecule has 0 fully saturated rings. The number of carbonyl (C=O) groups excluding carboxylic acids is 2. The Labute approximate surface area is 140 Å². The Morgan fingerprint density at radius 1 is 1.40 bits per heavy atom. The van der Waals surface area contributed by atoms with Gasteiger partial charge < -0.3 is 20.1 Å². The van der Waals surface area contributed by atoms with Gasteiger partial charge in [-0.25, -0.2) is 0 Å². The summed E-state index contributed by atoms with van der Waals surface area (Å²) in [5.74, 6) is 0.125. The molecule has 1 aromatic carbocycles. The van der Waals surface area contributed by atoms with Crippen molar-refractivity contribution in [2.45, 2.75) is 13.3 Å². The zero-order valence-electron chi connectivity index (χ0n) is 12.2. The maximum absolute atomic E-state index is 11.6. The summed E-state index contributed by atoms with van der Waals surface area (Å²) in [7, 11) is 3.19. The van der Waals surface area contributed by atoms with Gasteiger partial charge in [0.2, 0.25) is 11.8 Å². The van der Waals surface area contributed by atoms with Gasteiger partial charge in [-0.05, 0) is 12.1 Å². The molecule has 0 bridgehead atoms. The standard InChI is InChI=1S/C11H12N2O3.C2H5O.Na/c1-13-9-5-7(16-2)3-4-8(9)12-10(14)6-11(13)15;1-2-3;/h3-5H,6H2,1-2H3,(H,12,14);2H2,1H3;/q;-1;+1. The molecule has 20 heavy (non-hydrogen) atoms. The van der Waals surface area contributed by atoms with E-state index in [2.05, 4.69) is 5.32 Å². The van der Waals surface area contributed by atoms with Gasteiger partial charge in [-0.3, -0.25) is 9.59 Å². The van der Waals surface area contributed by atoms with E-state index in [1.54, 1.807) is 39.3 Å². The Balaban J connectivity index is 0.000000830. The molecular formula is C13H17N2NaO4. The summed E-state index contributed by atoms with van der Waals surface area (Å²) in [5.41, 5.74) is 1.27. The fourth-order valence-electron chi connectivity index (χ4n) is 1.61. The van der Waals surface area contributed by atoms with Crippen molar-refractivity contribution in [3.63, 3.8) is 0 Å². The second-order valence-corrected chi connectivity index (χ2v) is 3.85. The molecule has 2 amide bonds. The summed E-state index contributed by atoms with van der Waals surface area (Å²) in [4.78, 5) is 24.4. The second-order valence-electron chi connectivity index (χ2n) is 3.85. The van der Waals surface area contributed by atoms with E-state index in [-0.39, 0.29) is 54.4 Å². The van der Waals surface area contributed by atoms with E-state index in [4.69, 9.17) is 9.84 Å². The molecule has 1 aromatic rings. The van der Waals surface area contributed by atoms with E-state index in [1.165, 1.54) is 4.90 Å². The van der Waals surface area contributed by atoms with Crippen molar-refractivity contribution >= 4 is 23.2 Å². The van der Waals surface area contributed by atoms with Gasteiger partial charge in [-0.15, -0.1) is 6.61 Å². The van der Waals surface area contributed by atoms with Crippen LogP contribution in [0, 0.1) is 0 Å². The molecule has 7 heteroatoms. The Hall–Kier alpha value is -1.08. The smallest absolute Gasteiger partial charge is 0.855 e. The fourth-order valence-corrected chi connectivity index (χ4v) is 1.61. The summed E-state index contributed by atoms with van der Waals surface area (Å²) in [6.07, 6.45) is -0.131. The molecule has 1 heterocycles. The van der Waals surface area contributed by atoms with E-state index in [0.29, 0.717) is 17.1 Å². The van der Waals surface area contributed by atoms with Crippen molar-refractivity contribution in [1.29, 1.82) is 0 Å². The van der Waals surface area contributed by atoms with Gasteiger partial charge in [-0.1, -0.05) is 6.92 Å². The quantitative estimate of drug-likeness (QED) is 0.453. The summed E-state index contributed by atoms with van der Waals surface area (Å²) in [5, 5.41) is 11.6. The molecule has 2 rings (SSSR count). The van der Waals surface area contributed by atoms with Gasteiger partial charge in [0.15, 0.2) is 0 Å². The number of nitrogens with one attached hydrogen (secondary N) is 1. The number of benzene rings is 1. The molecule has 104 valence electrons. The van der Waals surface area contributed by atoms with Crippen LogP contribution in [0.2, 0.25) is 0 Å². The van der Waals surface area contributed by atoms with Crippen molar-refractivity contribution in [2.24, 2.45) is 0 Å². The number of ether oxygens (including phenoxy) is 1. The molecule has 6 nitrogen and oxygen atoms in total. The number of amides is 2. The first kappa shape index (κ1) is 18.9. The summed E-state index contributed by atoms with van der Waals surface area (Å²) < 4.78 is 5.08. The van der Waals surface area contributed by atoms with Crippen LogP contribution < -0.4 is 49.6 Å². The summed E-state index contributed by atoms with van der Waals surface area (Å²) >= 11 is 0. The van der Waals surface area contributed by atoms with Crippen LogP contribution in [0.5, 0.6) is 5.75 Å². The van der Waals surface area contributed by atoms with Crippen molar-refractivity contribution in [3.05, 3.63) is 18.2 Å². The van der Waals surface area contributed by atoms with Crippen LogP contribution in [0.15, 0.2) is 18.2 Å². The number of methoxy groups -OCH3 is 1. The third-order valence-corrected chi connectivity index (χ3v) is 2.53. The van der Waals surface area contributed by atoms with Gasteiger partial charge in [0, 0.05) is 13.1 Å². The molecule has 0 atom stereocenters. The topological polar surface area (TPSA) is 81.7 Å². The molecule has 1 aliphatic heterocycles. The Kier molecular flexibility index (Phi) is 8.48. The molecular weight excluding hydrogens is 271 g/mol. The number of hydrogen-bond donors (Lipinski definition) is 1.